The summed E-state index contributed by atoms with van der Waals surface area (Å²) >= 11 is 1.50. The molecule has 0 fully saturated rings. The highest BCUT2D eigenvalue weighted by Crippen LogP contribution is 2.28. The maximum Gasteiger partial charge on any atom is 0.237 e. The van der Waals surface area contributed by atoms with Crippen LogP contribution in [0.3, 0.4) is 0 Å². The number of ether oxygens (including phenoxy) is 1. The van der Waals surface area contributed by atoms with E-state index in [0.717, 1.165) is 28.1 Å². The quantitative estimate of drug-likeness (QED) is 0.394. The third kappa shape index (κ3) is 4.34. The van der Waals surface area contributed by atoms with Crippen LogP contribution in [-0.2, 0) is 12.3 Å². The Hall–Kier alpha value is -3.07. The first-order valence-corrected chi connectivity index (χ1v) is 10.2. The SMILES string of the molecule is COc1ccc(-c2nnc(SCc3nc(C(C)C)no3)n2Cc2ccco2)cc1. The van der Waals surface area contributed by atoms with Crippen LogP contribution in [0.2, 0.25) is 0 Å². The van der Waals surface area contributed by atoms with Gasteiger partial charge in [0.15, 0.2) is 16.8 Å². The van der Waals surface area contributed by atoms with Gasteiger partial charge in [-0.05, 0) is 36.4 Å². The topological polar surface area (TPSA) is 92.0 Å². The van der Waals surface area contributed by atoms with Crippen molar-refractivity contribution in [3.05, 3.63) is 60.1 Å². The maximum absolute atomic E-state index is 5.54. The van der Waals surface area contributed by atoms with Crippen molar-refractivity contribution < 1.29 is 13.7 Å². The number of rotatable bonds is 8. The van der Waals surface area contributed by atoms with Gasteiger partial charge in [-0.1, -0.05) is 30.8 Å². The van der Waals surface area contributed by atoms with Crippen molar-refractivity contribution in [1.82, 2.24) is 24.9 Å². The average Bonchev–Trinajstić information content (AvgIpc) is 3.48. The van der Waals surface area contributed by atoms with Crippen LogP contribution in [0.5, 0.6) is 5.75 Å². The summed E-state index contributed by atoms with van der Waals surface area (Å²) in [6, 6.07) is 11.5. The van der Waals surface area contributed by atoms with Crippen molar-refractivity contribution in [1.29, 1.82) is 0 Å². The van der Waals surface area contributed by atoms with E-state index in [4.69, 9.17) is 13.7 Å². The summed E-state index contributed by atoms with van der Waals surface area (Å²) in [7, 11) is 1.64. The second kappa shape index (κ2) is 8.52. The summed E-state index contributed by atoms with van der Waals surface area (Å²) < 4.78 is 18.1. The Morgan fingerprint density at radius 3 is 2.62 bits per heavy atom. The minimum atomic E-state index is 0.224. The largest absolute Gasteiger partial charge is 0.497 e. The first-order chi connectivity index (χ1) is 14.1. The van der Waals surface area contributed by atoms with Crippen LogP contribution in [0.4, 0.5) is 0 Å². The minimum absolute atomic E-state index is 0.224. The molecule has 0 aliphatic carbocycles. The molecular weight excluding hydrogens is 390 g/mol. The molecule has 3 heterocycles. The molecule has 9 heteroatoms. The number of hydrogen-bond acceptors (Lipinski definition) is 8. The van der Waals surface area contributed by atoms with E-state index in [1.807, 2.05) is 54.8 Å². The van der Waals surface area contributed by atoms with E-state index in [-0.39, 0.29) is 5.92 Å². The number of aromatic nitrogens is 5. The van der Waals surface area contributed by atoms with E-state index >= 15 is 0 Å². The molecule has 4 aromatic rings. The van der Waals surface area contributed by atoms with E-state index in [9.17, 15) is 0 Å². The Morgan fingerprint density at radius 1 is 1.14 bits per heavy atom. The molecule has 0 radical (unpaired) electrons. The summed E-state index contributed by atoms with van der Waals surface area (Å²) in [5, 5.41) is 13.6. The van der Waals surface area contributed by atoms with Crippen LogP contribution in [0.1, 0.15) is 37.2 Å². The molecular formula is C20H21N5O3S. The van der Waals surface area contributed by atoms with Gasteiger partial charge in [-0.15, -0.1) is 10.2 Å². The summed E-state index contributed by atoms with van der Waals surface area (Å²) in [5.41, 5.74) is 0.941. The maximum atomic E-state index is 5.54. The van der Waals surface area contributed by atoms with E-state index in [2.05, 4.69) is 20.3 Å². The summed E-state index contributed by atoms with van der Waals surface area (Å²) in [6.45, 7) is 4.58. The third-order valence-corrected chi connectivity index (χ3v) is 5.24. The Balaban J connectivity index is 1.60. The molecule has 0 N–H and O–H groups in total. The lowest BCUT2D eigenvalue weighted by Gasteiger charge is -2.09. The van der Waals surface area contributed by atoms with Crippen LogP contribution in [-0.4, -0.2) is 32.0 Å². The number of thioether (sulfide) groups is 1. The van der Waals surface area contributed by atoms with E-state index < -0.39 is 0 Å². The zero-order chi connectivity index (χ0) is 20.2. The normalized spacial score (nSPS) is 11.3. The van der Waals surface area contributed by atoms with Crippen LogP contribution >= 0.6 is 11.8 Å². The fourth-order valence-corrected chi connectivity index (χ4v) is 3.51. The van der Waals surface area contributed by atoms with Gasteiger partial charge in [-0.25, -0.2) is 0 Å². The lowest BCUT2D eigenvalue weighted by Crippen LogP contribution is -2.03. The van der Waals surface area contributed by atoms with Gasteiger partial charge in [0.25, 0.3) is 0 Å². The van der Waals surface area contributed by atoms with Crippen molar-refractivity contribution in [3.8, 4) is 17.1 Å². The molecule has 0 aliphatic rings. The Morgan fingerprint density at radius 2 is 1.97 bits per heavy atom. The molecule has 3 aromatic heterocycles. The zero-order valence-electron chi connectivity index (χ0n) is 16.4. The van der Waals surface area contributed by atoms with Gasteiger partial charge in [-0.2, -0.15) is 4.98 Å². The van der Waals surface area contributed by atoms with Gasteiger partial charge in [0.2, 0.25) is 5.89 Å². The van der Waals surface area contributed by atoms with Crippen molar-refractivity contribution in [3.63, 3.8) is 0 Å². The smallest absolute Gasteiger partial charge is 0.237 e. The number of benzene rings is 1. The van der Waals surface area contributed by atoms with Gasteiger partial charge in [0, 0.05) is 11.5 Å². The van der Waals surface area contributed by atoms with E-state index in [1.165, 1.54) is 11.8 Å². The standard InChI is InChI=1S/C20H21N5O3S/c1-13(2)18-21-17(28-24-18)12-29-20-23-22-19(14-6-8-15(26-3)9-7-14)25(20)11-16-5-4-10-27-16/h4-10,13H,11-12H2,1-3H3. The molecule has 0 amide bonds. The molecule has 8 nitrogen and oxygen atoms in total. The van der Waals surface area contributed by atoms with Crippen LogP contribution in [0.15, 0.2) is 56.8 Å². The molecule has 150 valence electrons. The highest BCUT2D eigenvalue weighted by atomic mass is 32.2. The molecule has 0 aliphatic heterocycles. The minimum Gasteiger partial charge on any atom is -0.497 e. The second-order valence-electron chi connectivity index (χ2n) is 6.69. The van der Waals surface area contributed by atoms with Gasteiger partial charge in [-0.3, -0.25) is 4.57 Å². The molecule has 0 bridgehead atoms. The van der Waals surface area contributed by atoms with E-state index in [0.29, 0.717) is 24.0 Å². The second-order valence-corrected chi connectivity index (χ2v) is 7.63. The van der Waals surface area contributed by atoms with Gasteiger partial charge in [0.1, 0.15) is 11.5 Å². The summed E-state index contributed by atoms with van der Waals surface area (Å²) in [4.78, 5) is 4.43. The van der Waals surface area contributed by atoms with Crippen LogP contribution in [0.25, 0.3) is 11.4 Å². The predicted molar refractivity (Wildman–Crippen MR) is 108 cm³/mol. The van der Waals surface area contributed by atoms with Crippen molar-refractivity contribution in [2.24, 2.45) is 0 Å². The lowest BCUT2D eigenvalue weighted by atomic mass is 10.2. The Kier molecular flexibility index (Phi) is 5.66. The molecule has 0 atom stereocenters. The predicted octanol–water partition coefficient (Wildman–Crippen LogP) is 4.39. The zero-order valence-corrected chi connectivity index (χ0v) is 17.2. The van der Waals surface area contributed by atoms with Crippen LogP contribution < -0.4 is 4.74 Å². The first-order valence-electron chi connectivity index (χ1n) is 9.19. The molecule has 0 spiro atoms. The monoisotopic (exact) mass is 411 g/mol. The first kappa shape index (κ1) is 19.3. The molecule has 0 saturated heterocycles. The summed E-state index contributed by atoms with van der Waals surface area (Å²) in [5.74, 6) is 4.37. The average molecular weight is 411 g/mol. The molecule has 29 heavy (non-hydrogen) atoms. The number of hydrogen-bond donors (Lipinski definition) is 0. The van der Waals surface area contributed by atoms with Gasteiger partial charge < -0.3 is 13.7 Å². The number of methoxy groups -OCH3 is 1. The highest BCUT2D eigenvalue weighted by Gasteiger charge is 2.18. The highest BCUT2D eigenvalue weighted by molar-refractivity contribution is 7.98. The van der Waals surface area contributed by atoms with Crippen molar-refractivity contribution >= 4 is 11.8 Å². The van der Waals surface area contributed by atoms with Crippen LogP contribution in [0, 0.1) is 0 Å². The Labute approximate surface area is 172 Å². The summed E-state index contributed by atoms with van der Waals surface area (Å²) in [6.07, 6.45) is 1.66. The van der Waals surface area contributed by atoms with E-state index in [1.54, 1.807) is 13.4 Å². The van der Waals surface area contributed by atoms with Crippen molar-refractivity contribution in [2.45, 2.75) is 37.2 Å². The molecule has 4 rings (SSSR count). The van der Waals surface area contributed by atoms with Gasteiger partial charge >= 0.3 is 0 Å². The lowest BCUT2D eigenvalue weighted by molar-refractivity contribution is 0.382. The number of furan rings is 1. The van der Waals surface area contributed by atoms with Crippen molar-refractivity contribution in [2.75, 3.05) is 7.11 Å². The fraction of sp³-hybridized carbons (Fsp3) is 0.300. The molecule has 0 unspecified atom stereocenters. The molecule has 0 saturated carbocycles. The fourth-order valence-electron chi connectivity index (χ4n) is 2.74. The third-order valence-electron chi connectivity index (χ3n) is 4.28. The Bertz CT molecular complexity index is 1050. The van der Waals surface area contributed by atoms with Gasteiger partial charge in [0.05, 0.1) is 25.7 Å². The number of nitrogens with zero attached hydrogens (tertiary/aromatic N) is 5. The molecule has 1 aromatic carbocycles.